The molecule has 0 amide bonds. The maximum absolute atomic E-state index is 12.7. The van der Waals surface area contributed by atoms with Crippen molar-refractivity contribution in [3.63, 3.8) is 0 Å². The predicted molar refractivity (Wildman–Crippen MR) is 134 cm³/mol. The maximum atomic E-state index is 12.7. The molecule has 1 aliphatic rings. The van der Waals surface area contributed by atoms with Gasteiger partial charge in [0.05, 0.1) is 6.61 Å². The van der Waals surface area contributed by atoms with Crippen molar-refractivity contribution in [2.45, 2.75) is 18.7 Å². The Balaban J connectivity index is 1.63. The van der Waals surface area contributed by atoms with E-state index in [1.54, 1.807) is 37.3 Å². The number of halogens is 2. The lowest BCUT2D eigenvalue weighted by Crippen LogP contribution is -2.10. The van der Waals surface area contributed by atoms with Gasteiger partial charge < -0.3 is 13.7 Å². The standard InChI is InChI=1S/C25H19Cl2NO6S/c1-3-32-23-13-16(5-11-22(23)34-35(30,31)19-9-7-18(26)8-10-19)12-21-25(29)33-24(28-21)17-6-4-15(2)20(27)14-17/h4-14H,3H2,1-2H3/b21-12-. The number of cyclic esters (lactones) is 1. The van der Waals surface area contributed by atoms with Crippen LogP contribution in [0.2, 0.25) is 10.0 Å². The van der Waals surface area contributed by atoms with E-state index in [-0.39, 0.29) is 34.6 Å². The Kier molecular flexibility index (Phi) is 7.16. The number of hydrogen-bond donors (Lipinski definition) is 0. The number of hydrogen-bond acceptors (Lipinski definition) is 7. The Morgan fingerprint density at radius 2 is 1.74 bits per heavy atom. The number of carbonyl (C=O) groups is 1. The first-order valence-corrected chi connectivity index (χ1v) is 12.6. The second kappa shape index (κ2) is 10.1. The van der Waals surface area contributed by atoms with Crippen molar-refractivity contribution in [2.24, 2.45) is 4.99 Å². The Morgan fingerprint density at radius 1 is 1.00 bits per heavy atom. The third-order valence-electron chi connectivity index (χ3n) is 4.91. The summed E-state index contributed by atoms with van der Waals surface area (Å²) in [5.74, 6) is -0.306. The molecule has 4 rings (SSSR count). The first-order valence-electron chi connectivity index (χ1n) is 10.4. The van der Waals surface area contributed by atoms with Gasteiger partial charge in [-0.2, -0.15) is 8.42 Å². The smallest absolute Gasteiger partial charge is 0.363 e. The topological polar surface area (TPSA) is 91.3 Å². The van der Waals surface area contributed by atoms with Gasteiger partial charge in [0, 0.05) is 15.6 Å². The molecule has 0 aromatic heterocycles. The summed E-state index contributed by atoms with van der Waals surface area (Å²) in [4.78, 5) is 16.6. The van der Waals surface area contributed by atoms with Gasteiger partial charge in [0.1, 0.15) is 4.90 Å². The number of benzene rings is 3. The molecule has 7 nitrogen and oxygen atoms in total. The van der Waals surface area contributed by atoms with Crippen LogP contribution in [0.15, 0.2) is 76.2 Å². The van der Waals surface area contributed by atoms with E-state index in [1.165, 1.54) is 36.4 Å². The van der Waals surface area contributed by atoms with Gasteiger partial charge >= 0.3 is 16.1 Å². The van der Waals surface area contributed by atoms with Crippen LogP contribution in [0.5, 0.6) is 11.5 Å². The minimum absolute atomic E-state index is 0.00330. The molecular weight excluding hydrogens is 513 g/mol. The largest absolute Gasteiger partial charge is 0.490 e. The first kappa shape index (κ1) is 24.8. The molecule has 0 saturated heterocycles. The molecule has 3 aromatic carbocycles. The van der Waals surface area contributed by atoms with Crippen molar-refractivity contribution < 1.29 is 26.9 Å². The Hall–Kier alpha value is -3.33. The van der Waals surface area contributed by atoms with Crippen LogP contribution in [-0.2, 0) is 19.6 Å². The van der Waals surface area contributed by atoms with Gasteiger partial charge in [-0.3, -0.25) is 0 Å². The number of rotatable bonds is 7. The minimum atomic E-state index is -4.12. The van der Waals surface area contributed by atoms with Gasteiger partial charge in [0.2, 0.25) is 5.90 Å². The molecule has 180 valence electrons. The molecule has 0 aliphatic carbocycles. The van der Waals surface area contributed by atoms with Crippen molar-refractivity contribution in [3.8, 4) is 11.5 Å². The van der Waals surface area contributed by atoms with Crippen molar-refractivity contribution in [1.82, 2.24) is 0 Å². The fraction of sp³-hybridized carbons (Fsp3) is 0.120. The number of nitrogens with zero attached hydrogens (tertiary/aromatic N) is 1. The summed E-state index contributed by atoms with van der Waals surface area (Å²) in [6.45, 7) is 3.88. The normalized spacial score (nSPS) is 14.6. The summed E-state index contributed by atoms with van der Waals surface area (Å²) < 4.78 is 41.5. The van der Waals surface area contributed by atoms with E-state index in [9.17, 15) is 13.2 Å². The molecule has 0 unspecified atom stereocenters. The van der Waals surface area contributed by atoms with E-state index in [0.29, 0.717) is 21.2 Å². The molecule has 0 saturated carbocycles. The quantitative estimate of drug-likeness (QED) is 0.217. The highest BCUT2D eigenvalue weighted by Crippen LogP contribution is 2.33. The Bertz CT molecular complexity index is 1460. The number of carbonyl (C=O) groups excluding carboxylic acids is 1. The summed E-state index contributed by atoms with van der Waals surface area (Å²) in [5, 5.41) is 0.933. The van der Waals surface area contributed by atoms with Crippen molar-refractivity contribution in [3.05, 3.63) is 93.1 Å². The van der Waals surface area contributed by atoms with Gasteiger partial charge in [0.25, 0.3) is 0 Å². The molecule has 1 heterocycles. The SMILES string of the molecule is CCOc1cc(/C=C2\N=C(c3ccc(C)c(Cl)c3)OC2=O)ccc1OS(=O)(=O)c1ccc(Cl)cc1. The van der Waals surface area contributed by atoms with Gasteiger partial charge in [-0.05, 0) is 79.6 Å². The highest BCUT2D eigenvalue weighted by atomic mass is 35.5. The summed E-state index contributed by atoms with van der Waals surface area (Å²) in [7, 11) is -4.12. The fourth-order valence-electron chi connectivity index (χ4n) is 3.14. The highest BCUT2D eigenvalue weighted by molar-refractivity contribution is 7.87. The van der Waals surface area contributed by atoms with Gasteiger partial charge in [-0.1, -0.05) is 35.3 Å². The third-order valence-corrected chi connectivity index (χ3v) is 6.82. The Labute approximate surface area is 212 Å². The zero-order chi connectivity index (χ0) is 25.2. The second-order valence-corrected chi connectivity index (χ2v) is 9.82. The van der Waals surface area contributed by atoms with Crippen LogP contribution < -0.4 is 8.92 Å². The fourth-order valence-corrected chi connectivity index (χ4v) is 4.38. The summed E-state index contributed by atoms with van der Waals surface area (Å²) in [5.41, 5.74) is 2.06. The lowest BCUT2D eigenvalue weighted by Gasteiger charge is -2.12. The number of esters is 1. The monoisotopic (exact) mass is 531 g/mol. The summed E-state index contributed by atoms with van der Waals surface area (Å²) in [6.07, 6.45) is 1.51. The molecule has 0 spiro atoms. The molecule has 3 aromatic rings. The number of ether oxygens (including phenoxy) is 2. The van der Waals surface area contributed by atoms with Crippen molar-refractivity contribution >= 4 is 51.3 Å². The molecule has 1 aliphatic heterocycles. The van der Waals surface area contributed by atoms with Crippen LogP contribution in [0.3, 0.4) is 0 Å². The lowest BCUT2D eigenvalue weighted by molar-refractivity contribution is -0.129. The molecule has 0 radical (unpaired) electrons. The van der Waals surface area contributed by atoms with Crippen LogP contribution in [0.1, 0.15) is 23.6 Å². The molecular formula is C25H19Cl2NO6S. The number of aliphatic imine (C=N–C) groups is 1. The zero-order valence-corrected chi connectivity index (χ0v) is 20.9. The van der Waals surface area contributed by atoms with Gasteiger partial charge in [0.15, 0.2) is 17.2 Å². The highest BCUT2D eigenvalue weighted by Gasteiger charge is 2.25. The molecule has 10 heteroatoms. The zero-order valence-electron chi connectivity index (χ0n) is 18.6. The molecule has 0 fully saturated rings. The van der Waals surface area contributed by atoms with Crippen molar-refractivity contribution in [1.29, 1.82) is 0 Å². The molecule has 0 N–H and O–H groups in total. The minimum Gasteiger partial charge on any atom is -0.490 e. The Morgan fingerprint density at radius 3 is 2.43 bits per heavy atom. The van der Waals surface area contributed by atoms with Crippen LogP contribution in [-0.4, -0.2) is 26.9 Å². The maximum Gasteiger partial charge on any atom is 0.363 e. The lowest BCUT2D eigenvalue weighted by atomic mass is 10.1. The van der Waals surface area contributed by atoms with Crippen LogP contribution >= 0.6 is 23.2 Å². The average Bonchev–Trinajstić information content (AvgIpc) is 3.18. The number of aryl methyl sites for hydroxylation is 1. The predicted octanol–water partition coefficient (Wildman–Crippen LogP) is 5.81. The van der Waals surface area contributed by atoms with Crippen LogP contribution in [0.4, 0.5) is 0 Å². The summed E-state index contributed by atoms with van der Waals surface area (Å²) >= 11 is 12.0. The average molecular weight is 532 g/mol. The van der Waals surface area contributed by atoms with Crippen LogP contribution in [0, 0.1) is 6.92 Å². The van der Waals surface area contributed by atoms with E-state index in [2.05, 4.69) is 4.99 Å². The molecule has 0 atom stereocenters. The van der Waals surface area contributed by atoms with Crippen molar-refractivity contribution in [2.75, 3.05) is 6.61 Å². The first-order chi connectivity index (χ1) is 16.7. The second-order valence-electron chi connectivity index (χ2n) is 7.43. The van der Waals surface area contributed by atoms with E-state index < -0.39 is 16.1 Å². The van der Waals surface area contributed by atoms with E-state index in [0.717, 1.165) is 5.56 Å². The van der Waals surface area contributed by atoms with E-state index in [1.807, 2.05) is 6.92 Å². The van der Waals surface area contributed by atoms with E-state index in [4.69, 9.17) is 36.9 Å². The molecule has 35 heavy (non-hydrogen) atoms. The molecule has 0 bridgehead atoms. The van der Waals surface area contributed by atoms with E-state index >= 15 is 0 Å². The third kappa shape index (κ3) is 5.67. The van der Waals surface area contributed by atoms with Gasteiger partial charge in [-0.25, -0.2) is 9.79 Å². The van der Waals surface area contributed by atoms with Gasteiger partial charge in [-0.15, -0.1) is 0 Å². The summed E-state index contributed by atoms with van der Waals surface area (Å²) in [6, 6.07) is 15.4. The van der Waals surface area contributed by atoms with Crippen LogP contribution in [0.25, 0.3) is 6.08 Å².